The Labute approximate surface area is 156 Å². The summed E-state index contributed by atoms with van der Waals surface area (Å²) in [5, 5.41) is 13.3. The molecule has 0 bridgehead atoms. The number of nitrogens with one attached hydrogen (secondary N) is 1. The molecule has 5 heteroatoms. The Kier molecular flexibility index (Phi) is 7.27. The van der Waals surface area contributed by atoms with Gasteiger partial charge in [-0.15, -0.1) is 0 Å². The number of aromatic nitrogens is 1. The molecule has 142 valence electrons. The van der Waals surface area contributed by atoms with E-state index in [1.54, 1.807) is 19.2 Å². The zero-order valence-electron chi connectivity index (χ0n) is 16.4. The first-order chi connectivity index (χ1) is 12.4. The number of benzene rings is 1. The van der Waals surface area contributed by atoms with Gasteiger partial charge in [-0.2, -0.15) is 0 Å². The molecule has 5 nitrogen and oxygen atoms in total. The molecule has 0 saturated heterocycles. The van der Waals surface area contributed by atoms with E-state index in [1.807, 2.05) is 25.1 Å². The summed E-state index contributed by atoms with van der Waals surface area (Å²) >= 11 is 0. The second kappa shape index (κ2) is 9.43. The van der Waals surface area contributed by atoms with Gasteiger partial charge in [0.05, 0.1) is 19.4 Å². The van der Waals surface area contributed by atoms with Crippen molar-refractivity contribution in [2.75, 3.05) is 13.7 Å². The standard InChI is InChI=1S/C21H30N2O3/c1-14(2)10-11-26-20-9-7-17(12-21(20)25-5)16(4)22-13-18-19(24)8-6-15(3)23-18/h6-9,12,14,16,22,24H,10-11,13H2,1-5H3. The van der Waals surface area contributed by atoms with Crippen LogP contribution in [-0.2, 0) is 6.54 Å². The first kappa shape index (κ1) is 20.0. The Balaban J connectivity index is 2.01. The molecule has 0 radical (unpaired) electrons. The molecule has 0 saturated carbocycles. The summed E-state index contributed by atoms with van der Waals surface area (Å²) < 4.78 is 11.3. The summed E-state index contributed by atoms with van der Waals surface area (Å²) in [5.41, 5.74) is 2.62. The van der Waals surface area contributed by atoms with Gasteiger partial charge in [0.25, 0.3) is 0 Å². The summed E-state index contributed by atoms with van der Waals surface area (Å²) in [6.07, 6.45) is 1.01. The minimum absolute atomic E-state index is 0.0790. The molecule has 1 aromatic carbocycles. The molecular weight excluding hydrogens is 328 g/mol. The van der Waals surface area contributed by atoms with Crippen LogP contribution in [0.3, 0.4) is 0 Å². The van der Waals surface area contributed by atoms with Crippen molar-refractivity contribution in [2.45, 2.75) is 46.7 Å². The second-order valence-electron chi connectivity index (χ2n) is 6.96. The van der Waals surface area contributed by atoms with Crippen LogP contribution in [0.15, 0.2) is 30.3 Å². The molecule has 0 spiro atoms. The molecule has 0 aliphatic heterocycles. The van der Waals surface area contributed by atoms with Crippen LogP contribution >= 0.6 is 0 Å². The number of aryl methyl sites for hydroxylation is 1. The second-order valence-corrected chi connectivity index (χ2v) is 6.96. The average Bonchev–Trinajstić information content (AvgIpc) is 2.62. The molecule has 1 heterocycles. The van der Waals surface area contributed by atoms with Crippen LogP contribution in [0.25, 0.3) is 0 Å². The van der Waals surface area contributed by atoms with E-state index < -0.39 is 0 Å². The normalized spacial score (nSPS) is 12.2. The lowest BCUT2D eigenvalue weighted by atomic mass is 10.1. The Bertz CT molecular complexity index is 716. The number of rotatable bonds is 9. The molecule has 2 aromatic rings. The van der Waals surface area contributed by atoms with E-state index in [-0.39, 0.29) is 11.8 Å². The highest BCUT2D eigenvalue weighted by atomic mass is 16.5. The summed E-state index contributed by atoms with van der Waals surface area (Å²) in [4.78, 5) is 4.38. The molecule has 26 heavy (non-hydrogen) atoms. The number of methoxy groups -OCH3 is 1. The maximum absolute atomic E-state index is 9.92. The van der Waals surface area contributed by atoms with E-state index in [9.17, 15) is 5.11 Å². The average molecular weight is 358 g/mol. The number of hydrogen-bond acceptors (Lipinski definition) is 5. The molecule has 0 amide bonds. The van der Waals surface area contributed by atoms with Crippen molar-refractivity contribution in [3.8, 4) is 17.2 Å². The van der Waals surface area contributed by atoms with Gasteiger partial charge >= 0.3 is 0 Å². The Morgan fingerprint density at radius 2 is 1.88 bits per heavy atom. The van der Waals surface area contributed by atoms with Gasteiger partial charge in [0.1, 0.15) is 5.75 Å². The fourth-order valence-electron chi connectivity index (χ4n) is 2.58. The lowest BCUT2D eigenvalue weighted by Gasteiger charge is -2.18. The molecule has 0 fully saturated rings. The first-order valence-corrected chi connectivity index (χ1v) is 9.10. The van der Waals surface area contributed by atoms with E-state index in [0.717, 1.165) is 29.2 Å². The number of nitrogens with zero attached hydrogens (tertiary/aromatic N) is 1. The third-order valence-electron chi connectivity index (χ3n) is 4.31. The SMILES string of the molecule is COc1cc(C(C)NCc2nc(C)ccc2O)ccc1OCCC(C)C. The van der Waals surface area contributed by atoms with Crippen molar-refractivity contribution < 1.29 is 14.6 Å². The fraction of sp³-hybridized carbons (Fsp3) is 0.476. The quantitative estimate of drug-likeness (QED) is 0.696. The first-order valence-electron chi connectivity index (χ1n) is 9.10. The Hall–Kier alpha value is -2.27. The van der Waals surface area contributed by atoms with Crippen LogP contribution in [-0.4, -0.2) is 23.8 Å². The smallest absolute Gasteiger partial charge is 0.161 e. The van der Waals surface area contributed by atoms with Gasteiger partial charge < -0.3 is 19.9 Å². The van der Waals surface area contributed by atoms with Gasteiger partial charge in [0, 0.05) is 18.3 Å². The van der Waals surface area contributed by atoms with E-state index in [2.05, 4.69) is 31.1 Å². The lowest BCUT2D eigenvalue weighted by Crippen LogP contribution is -2.19. The molecular formula is C21H30N2O3. The van der Waals surface area contributed by atoms with Crippen LogP contribution in [0.5, 0.6) is 17.2 Å². The largest absolute Gasteiger partial charge is 0.506 e. The molecule has 1 unspecified atom stereocenters. The number of hydrogen-bond donors (Lipinski definition) is 2. The van der Waals surface area contributed by atoms with Crippen molar-refractivity contribution in [3.63, 3.8) is 0 Å². The van der Waals surface area contributed by atoms with Gasteiger partial charge in [-0.25, -0.2) is 0 Å². The van der Waals surface area contributed by atoms with E-state index >= 15 is 0 Å². The predicted octanol–water partition coefficient (Wildman–Crippen LogP) is 4.38. The topological polar surface area (TPSA) is 63.6 Å². The van der Waals surface area contributed by atoms with Crippen LogP contribution in [0.4, 0.5) is 0 Å². The van der Waals surface area contributed by atoms with Crippen LogP contribution in [0.1, 0.15) is 50.2 Å². The predicted molar refractivity (Wildman–Crippen MR) is 104 cm³/mol. The van der Waals surface area contributed by atoms with Gasteiger partial charge in [-0.1, -0.05) is 19.9 Å². The maximum atomic E-state index is 9.92. The summed E-state index contributed by atoms with van der Waals surface area (Å²) in [7, 11) is 1.65. The highest BCUT2D eigenvalue weighted by Crippen LogP contribution is 2.30. The molecule has 1 aromatic heterocycles. The molecule has 1 atom stereocenters. The minimum Gasteiger partial charge on any atom is -0.506 e. The highest BCUT2D eigenvalue weighted by molar-refractivity contribution is 5.43. The minimum atomic E-state index is 0.0790. The van der Waals surface area contributed by atoms with Crippen molar-refractivity contribution in [1.29, 1.82) is 0 Å². The van der Waals surface area contributed by atoms with E-state index in [4.69, 9.17) is 9.47 Å². The van der Waals surface area contributed by atoms with E-state index in [1.165, 1.54) is 0 Å². The van der Waals surface area contributed by atoms with Crippen molar-refractivity contribution in [1.82, 2.24) is 10.3 Å². The lowest BCUT2D eigenvalue weighted by molar-refractivity contribution is 0.272. The van der Waals surface area contributed by atoms with Crippen molar-refractivity contribution in [3.05, 3.63) is 47.3 Å². The fourth-order valence-corrected chi connectivity index (χ4v) is 2.58. The monoisotopic (exact) mass is 358 g/mol. The maximum Gasteiger partial charge on any atom is 0.161 e. The van der Waals surface area contributed by atoms with Gasteiger partial charge in [0.15, 0.2) is 11.5 Å². The van der Waals surface area contributed by atoms with Gasteiger partial charge in [-0.05, 0) is 56.0 Å². The summed E-state index contributed by atoms with van der Waals surface area (Å²) in [6, 6.07) is 9.53. The summed E-state index contributed by atoms with van der Waals surface area (Å²) in [6.45, 7) is 9.51. The van der Waals surface area contributed by atoms with Crippen LogP contribution < -0.4 is 14.8 Å². The number of pyridine rings is 1. The zero-order chi connectivity index (χ0) is 19.1. The summed E-state index contributed by atoms with van der Waals surface area (Å²) in [5.74, 6) is 2.32. The van der Waals surface area contributed by atoms with Crippen LogP contribution in [0.2, 0.25) is 0 Å². The number of ether oxygens (including phenoxy) is 2. The molecule has 2 rings (SSSR count). The molecule has 0 aliphatic carbocycles. The molecule has 2 N–H and O–H groups in total. The van der Waals surface area contributed by atoms with Crippen molar-refractivity contribution >= 4 is 0 Å². The highest BCUT2D eigenvalue weighted by Gasteiger charge is 2.12. The zero-order valence-corrected chi connectivity index (χ0v) is 16.4. The Morgan fingerprint density at radius 3 is 2.58 bits per heavy atom. The Morgan fingerprint density at radius 1 is 1.12 bits per heavy atom. The third kappa shape index (κ3) is 5.63. The van der Waals surface area contributed by atoms with Gasteiger partial charge in [-0.3, -0.25) is 4.98 Å². The van der Waals surface area contributed by atoms with Crippen LogP contribution in [0, 0.1) is 12.8 Å². The number of aromatic hydroxyl groups is 1. The van der Waals surface area contributed by atoms with E-state index in [0.29, 0.717) is 24.8 Å². The third-order valence-corrected chi connectivity index (χ3v) is 4.31. The van der Waals surface area contributed by atoms with Crippen molar-refractivity contribution in [2.24, 2.45) is 5.92 Å². The van der Waals surface area contributed by atoms with Gasteiger partial charge in [0.2, 0.25) is 0 Å². The molecule has 0 aliphatic rings.